The number of benzene rings is 3. The quantitative estimate of drug-likeness (QED) is 0.208. The molecule has 7 nitrogen and oxygen atoms in total. The largest absolute Gasteiger partial charge is 0.417 e. The van der Waals surface area contributed by atoms with Gasteiger partial charge in [-0.05, 0) is 74.7 Å². The van der Waals surface area contributed by atoms with Gasteiger partial charge in [-0.2, -0.15) is 13.2 Å². The Kier molecular flexibility index (Phi) is 12.2. The van der Waals surface area contributed by atoms with Crippen molar-refractivity contribution < 1.29 is 31.2 Å². The summed E-state index contributed by atoms with van der Waals surface area (Å²) in [6, 6.07) is 11.5. The van der Waals surface area contributed by atoms with Crippen LogP contribution in [0.2, 0.25) is 15.1 Å². The molecule has 0 heterocycles. The number of rotatable bonds is 12. The van der Waals surface area contributed by atoms with E-state index >= 15 is 0 Å². The number of anilines is 1. The maximum atomic E-state index is 14.2. The highest BCUT2D eigenvalue weighted by molar-refractivity contribution is 7.92. The molecular formula is C31H33Cl3F3N3O4S. The number of carbonyl (C=O) groups is 2. The van der Waals surface area contributed by atoms with E-state index in [0.717, 1.165) is 17.7 Å². The number of amides is 2. The van der Waals surface area contributed by atoms with Gasteiger partial charge in [-0.15, -0.1) is 0 Å². The second-order valence-corrected chi connectivity index (χ2v) is 13.6. The molecule has 0 aliphatic heterocycles. The Morgan fingerprint density at radius 3 is 2.11 bits per heavy atom. The Morgan fingerprint density at radius 2 is 1.56 bits per heavy atom. The molecule has 3 aromatic rings. The minimum absolute atomic E-state index is 0.142. The molecular weight excluding hydrogens is 674 g/mol. The van der Waals surface area contributed by atoms with Gasteiger partial charge in [-0.25, -0.2) is 8.42 Å². The molecule has 3 rings (SSSR count). The molecule has 2 unspecified atom stereocenters. The number of halogens is 6. The molecule has 2 amide bonds. The Labute approximate surface area is 276 Å². The molecule has 0 aliphatic carbocycles. The molecule has 0 radical (unpaired) electrons. The minimum atomic E-state index is -4.91. The lowest BCUT2D eigenvalue weighted by Gasteiger charge is -2.34. The molecule has 0 aliphatic rings. The average Bonchev–Trinajstić information content (AvgIpc) is 2.96. The smallest absolute Gasteiger partial charge is 0.352 e. The van der Waals surface area contributed by atoms with Gasteiger partial charge < -0.3 is 10.2 Å². The summed E-state index contributed by atoms with van der Waals surface area (Å²) in [5.41, 5.74) is -0.556. The SMILES string of the molecule is CCC(C)NC(=O)C(CC)N(Cc1ccc(Cl)cc1Cl)C(=O)CN(c1ccc(Cl)c(C(F)(F)F)c1)S(=O)(=O)c1ccc(C)cc1. The molecule has 14 heteroatoms. The van der Waals surface area contributed by atoms with Gasteiger partial charge in [0.05, 0.1) is 21.2 Å². The van der Waals surface area contributed by atoms with Crippen molar-refractivity contribution in [2.45, 2.75) is 70.2 Å². The van der Waals surface area contributed by atoms with Crippen LogP contribution < -0.4 is 9.62 Å². The highest BCUT2D eigenvalue weighted by atomic mass is 35.5. The summed E-state index contributed by atoms with van der Waals surface area (Å²) in [5.74, 6) is -1.34. The molecule has 2 atom stereocenters. The van der Waals surface area contributed by atoms with Crippen LogP contribution in [-0.4, -0.2) is 43.8 Å². The minimum Gasteiger partial charge on any atom is -0.352 e. The number of nitrogens with zero attached hydrogens (tertiary/aromatic N) is 2. The second-order valence-electron chi connectivity index (χ2n) is 10.5. The van der Waals surface area contributed by atoms with Crippen molar-refractivity contribution in [1.29, 1.82) is 0 Å². The van der Waals surface area contributed by atoms with E-state index in [9.17, 15) is 31.2 Å². The molecule has 0 bridgehead atoms. The maximum Gasteiger partial charge on any atom is 0.417 e. The number of nitrogens with one attached hydrogen (secondary N) is 1. The third-order valence-corrected chi connectivity index (χ3v) is 9.88. The Bertz CT molecular complexity index is 1640. The standard InChI is InChI=1S/C31H33Cl3F3N3O4S/c1-5-20(4)38-30(42)28(6-2)39(17-21-9-10-22(32)15-27(21)34)29(41)18-40(45(43,44)24-12-7-19(3)8-13-24)23-11-14-26(33)25(16-23)31(35,36)37/h7-16,20,28H,5-6,17-18H2,1-4H3,(H,38,42). The number of hydrogen-bond acceptors (Lipinski definition) is 4. The fraction of sp³-hybridized carbons (Fsp3) is 0.355. The predicted molar refractivity (Wildman–Crippen MR) is 171 cm³/mol. The normalized spacial score (nSPS) is 13.2. The monoisotopic (exact) mass is 705 g/mol. The van der Waals surface area contributed by atoms with Gasteiger partial charge in [0.25, 0.3) is 10.0 Å². The first-order valence-corrected chi connectivity index (χ1v) is 16.6. The van der Waals surface area contributed by atoms with E-state index in [-0.39, 0.29) is 28.9 Å². The summed E-state index contributed by atoms with van der Waals surface area (Å²) in [6.07, 6.45) is -4.15. The molecule has 0 saturated carbocycles. The third kappa shape index (κ3) is 9.06. The molecule has 1 N–H and O–H groups in total. The molecule has 0 fully saturated rings. The van der Waals surface area contributed by atoms with E-state index in [4.69, 9.17) is 34.8 Å². The van der Waals surface area contributed by atoms with E-state index in [1.807, 2.05) is 6.92 Å². The zero-order valence-corrected chi connectivity index (χ0v) is 28.0. The van der Waals surface area contributed by atoms with Crippen molar-refractivity contribution in [3.63, 3.8) is 0 Å². The topological polar surface area (TPSA) is 86.8 Å². The number of carbonyl (C=O) groups excluding carboxylic acids is 2. The molecule has 244 valence electrons. The van der Waals surface area contributed by atoms with E-state index < -0.39 is 56.9 Å². The van der Waals surface area contributed by atoms with Crippen LogP contribution in [0.4, 0.5) is 18.9 Å². The molecule has 0 spiro atoms. The van der Waals surface area contributed by atoms with Crippen LogP contribution in [0, 0.1) is 6.92 Å². The number of hydrogen-bond donors (Lipinski definition) is 1. The number of aryl methyl sites for hydroxylation is 1. The summed E-state index contributed by atoms with van der Waals surface area (Å²) < 4.78 is 70.1. The van der Waals surface area contributed by atoms with Crippen molar-refractivity contribution >= 4 is 62.3 Å². The van der Waals surface area contributed by atoms with Crippen LogP contribution in [0.15, 0.2) is 65.6 Å². The fourth-order valence-corrected chi connectivity index (χ4v) is 6.54. The first kappa shape index (κ1) is 36.5. The van der Waals surface area contributed by atoms with Crippen LogP contribution >= 0.6 is 34.8 Å². The Hall–Kier alpha value is -2.99. The zero-order valence-electron chi connectivity index (χ0n) is 25.0. The van der Waals surface area contributed by atoms with E-state index in [1.54, 1.807) is 32.9 Å². The van der Waals surface area contributed by atoms with Crippen molar-refractivity contribution in [2.75, 3.05) is 10.8 Å². The number of alkyl halides is 3. The van der Waals surface area contributed by atoms with Crippen molar-refractivity contribution in [3.8, 4) is 0 Å². The Balaban J connectivity index is 2.17. The van der Waals surface area contributed by atoms with E-state index in [1.165, 1.54) is 35.2 Å². The highest BCUT2D eigenvalue weighted by Gasteiger charge is 2.37. The predicted octanol–water partition coefficient (Wildman–Crippen LogP) is 7.89. The Morgan fingerprint density at radius 1 is 0.911 bits per heavy atom. The van der Waals surface area contributed by atoms with E-state index in [2.05, 4.69) is 5.32 Å². The van der Waals surface area contributed by atoms with Gasteiger partial charge in [-0.3, -0.25) is 13.9 Å². The van der Waals surface area contributed by atoms with Gasteiger partial charge in [0.15, 0.2) is 0 Å². The lowest BCUT2D eigenvalue weighted by Crippen LogP contribution is -2.53. The highest BCUT2D eigenvalue weighted by Crippen LogP contribution is 2.38. The first-order valence-electron chi connectivity index (χ1n) is 14.0. The van der Waals surface area contributed by atoms with Crippen molar-refractivity contribution in [3.05, 3.63) is 92.4 Å². The van der Waals surface area contributed by atoms with Crippen molar-refractivity contribution in [1.82, 2.24) is 10.2 Å². The summed E-state index contributed by atoms with van der Waals surface area (Å²) in [5, 5.41) is 2.74. The number of sulfonamides is 1. The van der Waals surface area contributed by atoms with Gasteiger partial charge in [-0.1, -0.05) is 72.4 Å². The third-order valence-electron chi connectivity index (χ3n) is 7.17. The summed E-state index contributed by atoms with van der Waals surface area (Å²) in [4.78, 5) is 28.5. The zero-order chi connectivity index (χ0) is 33.7. The van der Waals surface area contributed by atoms with Crippen LogP contribution in [0.25, 0.3) is 0 Å². The summed E-state index contributed by atoms with van der Waals surface area (Å²) in [6.45, 7) is 5.93. The van der Waals surface area contributed by atoms with Gasteiger partial charge in [0, 0.05) is 22.6 Å². The fourth-order valence-electron chi connectivity index (χ4n) is 4.45. The molecule has 0 aromatic heterocycles. The lowest BCUT2D eigenvalue weighted by molar-refractivity contribution is -0.140. The summed E-state index contributed by atoms with van der Waals surface area (Å²) >= 11 is 18.3. The van der Waals surface area contributed by atoms with Gasteiger partial charge >= 0.3 is 6.18 Å². The molecule has 3 aromatic carbocycles. The maximum absolute atomic E-state index is 14.2. The van der Waals surface area contributed by atoms with Crippen LogP contribution in [0.1, 0.15) is 50.3 Å². The van der Waals surface area contributed by atoms with Crippen molar-refractivity contribution in [2.24, 2.45) is 0 Å². The molecule has 45 heavy (non-hydrogen) atoms. The first-order chi connectivity index (χ1) is 21.0. The molecule has 0 saturated heterocycles. The summed E-state index contributed by atoms with van der Waals surface area (Å²) in [7, 11) is -4.61. The lowest BCUT2D eigenvalue weighted by atomic mass is 10.1. The second kappa shape index (κ2) is 15.1. The van der Waals surface area contributed by atoms with Gasteiger partial charge in [0.1, 0.15) is 12.6 Å². The van der Waals surface area contributed by atoms with E-state index in [0.29, 0.717) is 27.4 Å². The van der Waals surface area contributed by atoms with Crippen LogP contribution in [0.3, 0.4) is 0 Å². The average molecular weight is 707 g/mol. The van der Waals surface area contributed by atoms with Crippen LogP contribution in [-0.2, 0) is 32.3 Å². The van der Waals surface area contributed by atoms with Gasteiger partial charge in [0.2, 0.25) is 11.8 Å². The van der Waals surface area contributed by atoms with Crippen LogP contribution in [0.5, 0.6) is 0 Å².